The van der Waals surface area contributed by atoms with Gasteiger partial charge in [-0.05, 0) is 24.3 Å². The minimum Gasteiger partial charge on any atom is -0.307 e. The van der Waals surface area contributed by atoms with Crippen molar-refractivity contribution < 1.29 is 13.6 Å². The highest BCUT2D eigenvalue weighted by molar-refractivity contribution is 7.99. The molecule has 1 atom stereocenters. The summed E-state index contributed by atoms with van der Waals surface area (Å²) in [5.41, 5.74) is 0.527. The van der Waals surface area contributed by atoms with Gasteiger partial charge in [-0.15, -0.1) is 11.8 Å². The number of carbonyl (C=O) groups is 1. The second-order valence-corrected chi connectivity index (χ2v) is 6.29. The molecule has 1 heterocycles. The van der Waals surface area contributed by atoms with E-state index in [-0.39, 0.29) is 12.3 Å². The molecule has 1 aliphatic rings. The maximum atomic E-state index is 14.2. The molecule has 114 valence electrons. The molecule has 0 N–H and O–H groups in total. The Labute approximate surface area is 132 Å². The van der Waals surface area contributed by atoms with Crippen molar-refractivity contribution in [2.75, 3.05) is 17.2 Å². The van der Waals surface area contributed by atoms with Crippen molar-refractivity contribution in [3.05, 3.63) is 60.7 Å². The maximum absolute atomic E-state index is 14.2. The number of amides is 1. The van der Waals surface area contributed by atoms with Gasteiger partial charge in [0.1, 0.15) is 0 Å². The van der Waals surface area contributed by atoms with E-state index in [4.69, 9.17) is 0 Å². The van der Waals surface area contributed by atoms with Crippen molar-refractivity contribution in [1.82, 2.24) is 0 Å². The highest BCUT2D eigenvalue weighted by Crippen LogP contribution is 2.39. The first-order valence-corrected chi connectivity index (χ1v) is 8.00. The van der Waals surface area contributed by atoms with Gasteiger partial charge in [-0.3, -0.25) is 4.79 Å². The monoisotopic (exact) mass is 319 g/mol. The number of thioether (sulfide) groups is 1. The number of benzene rings is 2. The normalized spacial score (nSPS) is 20.4. The summed E-state index contributed by atoms with van der Waals surface area (Å²) in [4.78, 5) is 14.1. The van der Waals surface area contributed by atoms with Crippen LogP contribution < -0.4 is 4.90 Å². The molecule has 0 saturated carbocycles. The molecule has 5 heteroatoms. The van der Waals surface area contributed by atoms with Crippen LogP contribution in [0.2, 0.25) is 0 Å². The van der Waals surface area contributed by atoms with Crippen molar-refractivity contribution in [1.29, 1.82) is 0 Å². The molecule has 1 aliphatic heterocycles. The lowest BCUT2D eigenvalue weighted by molar-refractivity contribution is -0.141. The second kappa shape index (κ2) is 6.08. The van der Waals surface area contributed by atoms with E-state index in [9.17, 15) is 13.6 Å². The lowest BCUT2D eigenvalue weighted by Gasteiger charge is -2.15. The van der Waals surface area contributed by atoms with Crippen LogP contribution in [0.3, 0.4) is 0 Å². The van der Waals surface area contributed by atoms with Crippen LogP contribution in [0.25, 0.3) is 0 Å². The van der Waals surface area contributed by atoms with Gasteiger partial charge in [0.15, 0.2) is 0 Å². The van der Waals surface area contributed by atoms with Gasteiger partial charge >= 0.3 is 5.92 Å². The molecule has 1 saturated heterocycles. The Balaban J connectivity index is 1.74. The number of carbonyl (C=O) groups excluding carboxylic acids is 1. The SMILES string of the molecule is O=C1N(c2ccccc2)CC(CSc2ccccc2)C1(F)F. The number of halogens is 2. The molecular weight excluding hydrogens is 304 g/mol. The smallest absolute Gasteiger partial charge is 0.307 e. The van der Waals surface area contributed by atoms with Crippen molar-refractivity contribution in [2.45, 2.75) is 10.8 Å². The topological polar surface area (TPSA) is 20.3 Å². The zero-order valence-corrected chi connectivity index (χ0v) is 12.6. The number of nitrogens with zero attached hydrogens (tertiary/aromatic N) is 1. The summed E-state index contributed by atoms with van der Waals surface area (Å²) in [6.07, 6.45) is 0. The standard InChI is InChI=1S/C17H15F2NOS/c18-17(19)13(12-22-15-9-5-2-6-10-15)11-20(16(17)21)14-7-3-1-4-8-14/h1-10,13H,11-12H2. The average Bonchev–Trinajstić information content (AvgIpc) is 2.78. The third-order valence-corrected chi connectivity index (χ3v) is 4.88. The zero-order valence-electron chi connectivity index (χ0n) is 11.8. The van der Waals surface area contributed by atoms with E-state index in [1.165, 1.54) is 16.7 Å². The van der Waals surface area contributed by atoms with Crippen LogP contribution in [-0.2, 0) is 4.79 Å². The van der Waals surface area contributed by atoms with Crippen LogP contribution in [-0.4, -0.2) is 24.1 Å². The molecule has 0 aromatic heterocycles. The summed E-state index contributed by atoms with van der Waals surface area (Å²) in [7, 11) is 0. The van der Waals surface area contributed by atoms with Gasteiger partial charge in [0.25, 0.3) is 5.91 Å². The molecule has 3 rings (SSSR count). The maximum Gasteiger partial charge on any atom is 0.330 e. The predicted molar refractivity (Wildman–Crippen MR) is 84.4 cm³/mol. The van der Waals surface area contributed by atoms with E-state index in [1.807, 2.05) is 30.3 Å². The first-order chi connectivity index (χ1) is 10.6. The van der Waals surface area contributed by atoms with Gasteiger partial charge in [0.2, 0.25) is 0 Å². The van der Waals surface area contributed by atoms with E-state index in [0.717, 1.165) is 4.90 Å². The van der Waals surface area contributed by atoms with E-state index < -0.39 is 17.7 Å². The number of alkyl halides is 2. The highest BCUT2D eigenvalue weighted by atomic mass is 32.2. The van der Waals surface area contributed by atoms with Crippen LogP contribution in [0.1, 0.15) is 0 Å². The number of anilines is 1. The largest absolute Gasteiger partial charge is 0.330 e. The lowest BCUT2D eigenvalue weighted by atomic mass is 10.1. The van der Waals surface area contributed by atoms with Gasteiger partial charge in [0.05, 0.1) is 5.92 Å². The minimum absolute atomic E-state index is 0.0513. The fourth-order valence-electron chi connectivity index (χ4n) is 2.47. The fourth-order valence-corrected chi connectivity index (χ4v) is 3.53. The molecule has 1 unspecified atom stereocenters. The minimum atomic E-state index is -3.31. The lowest BCUT2D eigenvalue weighted by Crippen LogP contribution is -2.35. The molecule has 2 aromatic rings. The number of rotatable bonds is 4. The molecule has 0 bridgehead atoms. The Bertz CT molecular complexity index is 648. The summed E-state index contributed by atoms with van der Waals surface area (Å²) in [6.45, 7) is 0.0513. The fraction of sp³-hybridized carbons (Fsp3) is 0.235. The van der Waals surface area contributed by atoms with Crippen molar-refractivity contribution in [3.63, 3.8) is 0 Å². The summed E-state index contributed by atoms with van der Waals surface area (Å²) in [6, 6.07) is 18.0. The van der Waals surface area contributed by atoms with Crippen LogP contribution in [0.5, 0.6) is 0 Å². The zero-order chi connectivity index (χ0) is 15.6. The number of para-hydroxylation sites is 1. The van der Waals surface area contributed by atoms with Crippen LogP contribution in [0.15, 0.2) is 65.6 Å². The van der Waals surface area contributed by atoms with Crippen LogP contribution in [0, 0.1) is 5.92 Å². The predicted octanol–water partition coefficient (Wildman–Crippen LogP) is 4.08. The molecule has 22 heavy (non-hydrogen) atoms. The van der Waals surface area contributed by atoms with Crippen LogP contribution >= 0.6 is 11.8 Å². The third-order valence-electron chi connectivity index (χ3n) is 3.71. The summed E-state index contributed by atoms with van der Waals surface area (Å²) >= 11 is 1.36. The van der Waals surface area contributed by atoms with Gasteiger partial charge in [0, 0.05) is 22.9 Å². The number of hydrogen-bond donors (Lipinski definition) is 0. The van der Waals surface area contributed by atoms with Gasteiger partial charge in [-0.2, -0.15) is 8.78 Å². The summed E-state index contributed by atoms with van der Waals surface area (Å²) in [5.74, 6) is -5.17. The molecule has 0 aliphatic carbocycles. The Morgan fingerprint density at radius 2 is 1.64 bits per heavy atom. The first-order valence-electron chi connectivity index (χ1n) is 7.01. The Hall–Kier alpha value is -1.88. The van der Waals surface area contributed by atoms with Gasteiger partial charge in [-0.1, -0.05) is 36.4 Å². The van der Waals surface area contributed by atoms with E-state index in [1.54, 1.807) is 30.3 Å². The molecule has 1 fully saturated rings. The van der Waals surface area contributed by atoms with Crippen molar-refractivity contribution in [2.24, 2.45) is 5.92 Å². The Kier molecular flexibility index (Phi) is 4.16. The molecule has 0 spiro atoms. The van der Waals surface area contributed by atoms with Crippen LogP contribution in [0.4, 0.5) is 14.5 Å². The first kappa shape index (κ1) is 15.0. The summed E-state index contributed by atoms with van der Waals surface area (Å²) < 4.78 is 28.5. The number of hydrogen-bond acceptors (Lipinski definition) is 2. The molecule has 2 nitrogen and oxygen atoms in total. The summed E-state index contributed by atoms with van der Waals surface area (Å²) in [5, 5.41) is 0. The van der Waals surface area contributed by atoms with Gasteiger partial charge in [-0.25, -0.2) is 0 Å². The average molecular weight is 319 g/mol. The second-order valence-electron chi connectivity index (χ2n) is 5.20. The molecular formula is C17H15F2NOS. The van der Waals surface area contributed by atoms with Crippen molar-refractivity contribution in [3.8, 4) is 0 Å². The van der Waals surface area contributed by atoms with E-state index in [0.29, 0.717) is 5.69 Å². The van der Waals surface area contributed by atoms with E-state index in [2.05, 4.69) is 0 Å². The Morgan fingerprint density at radius 3 is 2.27 bits per heavy atom. The quantitative estimate of drug-likeness (QED) is 0.792. The van der Waals surface area contributed by atoms with Gasteiger partial charge < -0.3 is 4.90 Å². The highest BCUT2D eigenvalue weighted by Gasteiger charge is 2.56. The third kappa shape index (κ3) is 2.86. The molecule has 2 aromatic carbocycles. The molecule has 1 amide bonds. The Morgan fingerprint density at radius 1 is 1.05 bits per heavy atom. The molecule has 0 radical (unpaired) electrons. The van der Waals surface area contributed by atoms with Crippen molar-refractivity contribution >= 4 is 23.4 Å². The van der Waals surface area contributed by atoms with E-state index >= 15 is 0 Å².